The summed E-state index contributed by atoms with van der Waals surface area (Å²) in [5, 5.41) is 0. The number of nitrogens with two attached hydrogens (primary N) is 1. The summed E-state index contributed by atoms with van der Waals surface area (Å²) in [6.45, 7) is -0.531. The Morgan fingerprint density at radius 2 is 1.50 bits per heavy atom. The maximum Gasteiger partial charge on any atom is 0.107 e. The Bertz CT molecular complexity index is 255. The summed E-state index contributed by atoms with van der Waals surface area (Å²) in [6.07, 6.45) is 0. The molecule has 2 N–H and O–H groups in total. The molecule has 0 saturated carbocycles. The topological polar surface area (TPSA) is 29.3 Å². The first-order chi connectivity index (χ1) is 6.77. The number of rotatable bonds is 5. The van der Waals surface area contributed by atoms with Crippen molar-refractivity contribution in [2.24, 2.45) is 0 Å². The molecule has 0 aliphatic rings. The Kier molecular flexibility index (Phi) is 4.16. The van der Waals surface area contributed by atoms with E-state index in [0.717, 1.165) is 5.69 Å². The average Bonchev–Trinajstić information content (AvgIpc) is 2.19. The fourth-order valence-corrected chi connectivity index (χ4v) is 1.26. The normalized spacial score (nSPS) is 10.1. The van der Waals surface area contributed by atoms with E-state index in [4.69, 9.17) is 5.73 Å². The number of hydrogen-bond donors (Lipinski definition) is 1. The molecule has 0 aliphatic heterocycles. The van der Waals surface area contributed by atoms with Crippen LogP contribution in [0.1, 0.15) is 0 Å². The van der Waals surface area contributed by atoms with Gasteiger partial charge < -0.3 is 10.6 Å². The summed E-state index contributed by atoms with van der Waals surface area (Å²) in [4.78, 5) is 1.65. The lowest BCUT2D eigenvalue weighted by Gasteiger charge is -2.21. The predicted octanol–water partition coefficient (Wildman–Crippen LogP) is 2.01. The highest BCUT2D eigenvalue weighted by Crippen LogP contribution is 2.15. The van der Waals surface area contributed by atoms with Crippen LogP contribution in [0.5, 0.6) is 0 Å². The number of halogens is 2. The van der Waals surface area contributed by atoms with E-state index in [-0.39, 0.29) is 13.1 Å². The van der Waals surface area contributed by atoms with Gasteiger partial charge in [0.2, 0.25) is 0 Å². The summed E-state index contributed by atoms with van der Waals surface area (Å²) < 4.78 is 24.3. The van der Waals surface area contributed by atoms with Crippen molar-refractivity contribution in [1.82, 2.24) is 0 Å². The van der Waals surface area contributed by atoms with Crippen LogP contribution < -0.4 is 10.6 Å². The van der Waals surface area contributed by atoms with E-state index in [9.17, 15) is 8.78 Å². The zero-order valence-electron chi connectivity index (χ0n) is 7.92. The number of anilines is 2. The van der Waals surface area contributed by atoms with Crippen LogP contribution >= 0.6 is 0 Å². The molecule has 1 rings (SSSR count). The molecule has 0 saturated heterocycles. The van der Waals surface area contributed by atoms with Gasteiger partial charge in [0.1, 0.15) is 13.3 Å². The van der Waals surface area contributed by atoms with E-state index in [1.54, 1.807) is 29.2 Å². The molecule has 0 aromatic heterocycles. The SMILES string of the molecule is Nc1ccc(N(CCF)CCF)cc1. The number of hydrogen-bond acceptors (Lipinski definition) is 2. The van der Waals surface area contributed by atoms with E-state index in [2.05, 4.69) is 0 Å². The van der Waals surface area contributed by atoms with Gasteiger partial charge in [-0.1, -0.05) is 0 Å². The van der Waals surface area contributed by atoms with Gasteiger partial charge in [0.25, 0.3) is 0 Å². The van der Waals surface area contributed by atoms with Gasteiger partial charge in [-0.25, -0.2) is 8.78 Å². The highest BCUT2D eigenvalue weighted by Gasteiger charge is 2.04. The third kappa shape index (κ3) is 2.87. The molecule has 0 amide bonds. The van der Waals surface area contributed by atoms with Crippen LogP contribution in [0.4, 0.5) is 20.2 Å². The third-order valence-corrected chi connectivity index (χ3v) is 1.97. The Hall–Kier alpha value is -1.32. The minimum atomic E-state index is -0.482. The fourth-order valence-electron chi connectivity index (χ4n) is 1.26. The van der Waals surface area contributed by atoms with Gasteiger partial charge in [0.15, 0.2) is 0 Å². The molecule has 0 radical (unpaired) electrons. The van der Waals surface area contributed by atoms with Gasteiger partial charge in [0.05, 0.1) is 0 Å². The van der Waals surface area contributed by atoms with Crippen molar-refractivity contribution in [1.29, 1.82) is 0 Å². The van der Waals surface area contributed by atoms with E-state index >= 15 is 0 Å². The lowest BCUT2D eigenvalue weighted by Crippen LogP contribution is -2.27. The summed E-state index contributed by atoms with van der Waals surface area (Å²) in [7, 11) is 0. The van der Waals surface area contributed by atoms with Gasteiger partial charge in [-0.3, -0.25) is 0 Å². The molecule has 1 aromatic rings. The van der Waals surface area contributed by atoms with Crippen molar-refractivity contribution in [3.05, 3.63) is 24.3 Å². The minimum absolute atomic E-state index is 0.216. The molecule has 0 heterocycles. The van der Waals surface area contributed by atoms with E-state index in [1.165, 1.54) is 0 Å². The van der Waals surface area contributed by atoms with E-state index in [1.807, 2.05) is 0 Å². The summed E-state index contributed by atoms with van der Waals surface area (Å²) in [5.41, 5.74) is 6.96. The second kappa shape index (κ2) is 5.42. The monoisotopic (exact) mass is 200 g/mol. The minimum Gasteiger partial charge on any atom is -0.399 e. The van der Waals surface area contributed by atoms with Crippen LogP contribution in [0.3, 0.4) is 0 Å². The van der Waals surface area contributed by atoms with Crippen molar-refractivity contribution in [3.8, 4) is 0 Å². The van der Waals surface area contributed by atoms with Crippen LogP contribution in [0.2, 0.25) is 0 Å². The van der Waals surface area contributed by atoms with Crippen molar-refractivity contribution < 1.29 is 8.78 Å². The standard InChI is InChI=1S/C10H14F2N2/c11-5-7-14(8-6-12)10-3-1-9(13)2-4-10/h1-4H,5-8,13H2. The van der Waals surface area contributed by atoms with Gasteiger partial charge in [-0.15, -0.1) is 0 Å². The lowest BCUT2D eigenvalue weighted by molar-refractivity contribution is 0.458. The highest BCUT2D eigenvalue weighted by atomic mass is 19.1. The molecule has 78 valence electrons. The van der Waals surface area contributed by atoms with Crippen molar-refractivity contribution in [3.63, 3.8) is 0 Å². The molecule has 0 unspecified atom stereocenters. The summed E-state index contributed by atoms with van der Waals surface area (Å²) in [5.74, 6) is 0. The first kappa shape index (κ1) is 10.8. The van der Waals surface area contributed by atoms with E-state index in [0.29, 0.717) is 5.69 Å². The van der Waals surface area contributed by atoms with Crippen molar-refractivity contribution in [2.75, 3.05) is 37.1 Å². The molecule has 2 nitrogen and oxygen atoms in total. The Labute approximate surface area is 82.3 Å². The van der Waals surface area contributed by atoms with E-state index < -0.39 is 13.3 Å². The van der Waals surface area contributed by atoms with Crippen LogP contribution in [0, 0.1) is 0 Å². The number of alkyl halides is 2. The van der Waals surface area contributed by atoms with Gasteiger partial charge in [-0.05, 0) is 24.3 Å². The highest BCUT2D eigenvalue weighted by molar-refractivity contribution is 5.53. The fraction of sp³-hybridized carbons (Fsp3) is 0.400. The zero-order valence-corrected chi connectivity index (χ0v) is 7.92. The van der Waals surface area contributed by atoms with Crippen LogP contribution in [-0.2, 0) is 0 Å². The molecule has 14 heavy (non-hydrogen) atoms. The zero-order chi connectivity index (χ0) is 10.4. The van der Waals surface area contributed by atoms with Gasteiger partial charge in [0, 0.05) is 24.5 Å². The molecule has 0 fully saturated rings. The molecule has 0 aliphatic carbocycles. The predicted molar refractivity (Wildman–Crippen MR) is 55.0 cm³/mol. The quantitative estimate of drug-likeness (QED) is 0.737. The third-order valence-electron chi connectivity index (χ3n) is 1.97. The first-order valence-electron chi connectivity index (χ1n) is 4.50. The second-order valence-corrected chi connectivity index (χ2v) is 2.96. The molecule has 1 aromatic carbocycles. The molecule has 4 heteroatoms. The smallest absolute Gasteiger partial charge is 0.107 e. The Morgan fingerprint density at radius 1 is 1.00 bits per heavy atom. The Morgan fingerprint density at radius 3 is 1.93 bits per heavy atom. The number of nitrogen functional groups attached to an aromatic ring is 1. The second-order valence-electron chi connectivity index (χ2n) is 2.96. The lowest BCUT2D eigenvalue weighted by atomic mass is 10.2. The van der Waals surface area contributed by atoms with Crippen LogP contribution in [0.15, 0.2) is 24.3 Å². The summed E-state index contributed by atoms with van der Waals surface area (Å²) in [6, 6.07) is 6.97. The molecular weight excluding hydrogens is 186 g/mol. The first-order valence-corrected chi connectivity index (χ1v) is 4.50. The van der Waals surface area contributed by atoms with Gasteiger partial charge >= 0.3 is 0 Å². The number of nitrogens with zero attached hydrogens (tertiary/aromatic N) is 1. The van der Waals surface area contributed by atoms with Crippen LogP contribution in [-0.4, -0.2) is 26.4 Å². The largest absolute Gasteiger partial charge is 0.399 e. The Balaban J connectivity index is 2.71. The molecular formula is C10H14F2N2. The molecule has 0 atom stereocenters. The van der Waals surface area contributed by atoms with Gasteiger partial charge in [-0.2, -0.15) is 0 Å². The van der Waals surface area contributed by atoms with Crippen molar-refractivity contribution in [2.45, 2.75) is 0 Å². The maximum absolute atomic E-state index is 12.1. The molecule has 0 bridgehead atoms. The maximum atomic E-state index is 12.1. The van der Waals surface area contributed by atoms with Crippen LogP contribution in [0.25, 0.3) is 0 Å². The number of benzene rings is 1. The average molecular weight is 200 g/mol. The molecule has 0 spiro atoms. The summed E-state index contributed by atoms with van der Waals surface area (Å²) >= 11 is 0. The van der Waals surface area contributed by atoms with Crippen molar-refractivity contribution >= 4 is 11.4 Å².